The van der Waals surface area contributed by atoms with Crippen molar-refractivity contribution in [1.82, 2.24) is 0 Å². The molecule has 0 aliphatic carbocycles. The molecule has 0 bridgehead atoms. The molecule has 0 amide bonds. The zero-order chi connectivity index (χ0) is 14.3. The molecule has 0 aromatic heterocycles. The summed E-state index contributed by atoms with van der Waals surface area (Å²) in [5.74, 6) is -3.45. The van der Waals surface area contributed by atoms with Gasteiger partial charge in [-0.25, -0.2) is 9.59 Å². The Bertz CT molecular complexity index is 356. The summed E-state index contributed by atoms with van der Waals surface area (Å²) in [4.78, 5) is 32.8. The molecule has 0 aliphatic heterocycles. The first-order valence-corrected chi connectivity index (χ1v) is 5.36. The van der Waals surface area contributed by atoms with Crippen molar-refractivity contribution in [1.29, 1.82) is 0 Å². The molecule has 0 N–H and O–H groups in total. The minimum absolute atomic E-state index is 0.00669. The van der Waals surface area contributed by atoms with Gasteiger partial charge in [0.2, 0.25) is 11.6 Å². The van der Waals surface area contributed by atoms with E-state index in [4.69, 9.17) is 14.2 Å². The molecule has 6 heteroatoms. The normalized spacial score (nSPS) is 10.7. The van der Waals surface area contributed by atoms with Crippen LogP contribution in [0.25, 0.3) is 0 Å². The minimum Gasteiger partial charge on any atom is -0.460 e. The number of rotatable bonds is 7. The molecule has 0 atom stereocenters. The average Bonchev–Trinajstić information content (AvgIpc) is 2.23. The van der Waals surface area contributed by atoms with Gasteiger partial charge in [0.25, 0.3) is 0 Å². The van der Waals surface area contributed by atoms with E-state index in [1.165, 1.54) is 20.8 Å². The molecule has 0 saturated carbocycles. The van der Waals surface area contributed by atoms with Gasteiger partial charge in [0.1, 0.15) is 6.61 Å². The molecule has 0 saturated heterocycles. The lowest BCUT2D eigenvalue weighted by atomic mass is 10.3. The van der Waals surface area contributed by atoms with Crippen LogP contribution in [-0.2, 0) is 28.6 Å². The van der Waals surface area contributed by atoms with E-state index in [-0.39, 0.29) is 18.8 Å². The van der Waals surface area contributed by atoms with E-state index in [0.717, 1.165) is 6.92 Å². The van der Waals surface area contributed by atoms with Crippen molar-refractivity contribution in [2.45, 2.75) is 33.5 Å². The van der Waals surface area contributed by atoms with Gasteiger partial charge in [-0.15, -0.1) is 0 Å². The Morgan fingerprint density at radius 1 is 1.06 bits per heavy atom. The summed E-state index contributed by atoms with van der Waals surface area (Å²) in [7, 11) is 0. The van der Waals surface area contributed by atoms with E-state index >= 15 is 0 Å². The van der Waals surface area contributed by atoms with Gasteiger partial charge in [-0.2, -0.15) is 0 Å². The van der Waals surface area contributed by atoms with E-state index in [1.54, 1.807) is 0 Å². The number of esters is 2. The number of ether oxygens (including phenoxy) is 3. The highest BCUT2D eigenvalue weighted by molar-refractivity contribution is 6.32. The van der Waals surface area contributed by atoms with Crippen molar-refractivity contribution in [2.75, 3.05) is 13.2 Å². The second-order valence-electron chi connectivity index (χ2n) is 4.11. The molecule has 0 aromatic carbocycles. The zero-order valence-electron chi connectivity index (χ0n) is 11.1. The van der Waals surface area contributed by atoms with E-state index in [2.05, 4.69) is 6.58 Å². The van der Waals surface area contributed by atoms with Crippen LogP contribution in [0.15, 0.2) is 12.2 Å². The summed E-state index contributed by atoms with van der Waals surface area (Å²) >= 11 is 0. The molecule has 0 aromatic rings. The largest absolute Gasteiger partial charge is 0.460 e. The van der Waals surface area contributed by atoms with Gasteiger partial charge in [-0.1, -0.05) is 6.58 Å². The molecule has 0 spiro atoms. The number of hydrogen-bond acceptors (Lipinski definition) is 6. The standard InChI is InChI=1S/C12H18O6/c1-8(2)10(14)16-6-7-17-12(4,5)18-11(15)9(3)13/h1,6-7H2,2-5H3. The molecule has 0 radical (unpaired) electrons. The van der Waals surface area contributed by atoms with Gasteiger partial charge in [0.05, 0.1) is 6.61 Å². The maximum Gasteiger partial charge on any atom is 0.376 e. The average molecular weight is 258 g/mol. The van der Waals surface area contributed by atoms with Crippen LogP contribution >= 0.6 is 0 Å². The van der Waals surface area contributed by atoms with Crippen LogP contribution in [0.2, 0.25) is 0 Å². The summed E-state index contributed by atoms with van der Waals surface area (Å²) in [5, 5.41) is 0. The third kappa shape index (κ3) is 6.80. The number of Topliss-reactive ketones (excluding diaryl/α,β-unsaturated/α-hetero) is 1. The van der Waals surface area contributed by atoms with E-state index in [1.807, 2.05) is 0 Å². The first-order chi connectivity index (χ1) is 8.15. The predicted octanol–water partition coefficient (Wildman–Crippen LogP) is 0.991. The quantitative estimate of drug-likeness (QED) is 0.223. The van der Waals surface area contributed by atoms with Crippen LogP contribution in [0, 0.1) is 0 Å². The lowest BCUT2D eigenvalue weighted by Gasteiger charge is -2.24. The Morgan fingerprint density at radius 3 is 2.06 bits per heavy atom. The highest BCUT2D eigenvalue weighted by Gasteiger charge is 2.25. The van der Waals surface area contributed by atoms with Crippen LogP contribution in [0.5, 0.6) is 0 Å². The zero-order valence-corrected chi connectivity index (χ0v) is 11.1. The molecule has 0 unspecified atom stereocenters. The molecule has 0 fully saturated rings. The van der Waals surface area contributed by atoms with Crippen molar-refractivity contribution >= 4 is 17.7 Å². The summed E-state index contributed by atoms with van der Waals surface area (Å²) in [6.07, 6.45) is 0. The number of carbonyl (C=O) groups is 3. The second-order valence-corrected chi connectivity index (χ2v) is 4.11. The molecule has 0 aliphatic rings. The van der Waals surface area contributed by atoms with Crippen LogP contribution in [0.3, 0.4) is 0 Å². The van der Waals surface area contributed by atoms with Gasteiger partial charge < -0.3 is 14.2 Å². The van der Waals surface area contributed by atoms with Crippen molar-refractivity contribution in [2.24, 2.45) is 0 Å². The molecule has 0 heterocycles. The maximum absolute atomic E-state index is 11.0. The SMILES string of the molecule is C=C(C)C(=O)OCCOC(C)(C)OC(=O)C(C)=O. The Hall–Kier alpha value is -1.69. The molecule has 6 nitrogen and oxygen atoms in total. The topological polar surface area (TPSA) is 78.9 Å². The monoisotopic (exact) mass is 258 g/mol. The molecule has 102 valence electrons. The van der Waals surface area contributed by atoms with E-state index in [9.17, 15) is 14.4 Å². The lowest BCUT2D eigenvalue weighted by molar-refractivity contribution is -0.218. The molecular weight excluding hydrogens is 240 g/mol. The number of ketones is 1. The van der Waals surface area contributed by atoms with Crippen molar-refractivity contribution in [3.63, 3.8) is 0 Å². The first-order valence-electron chi connectivity index (χ1n) is 5.36. The Balaban J connectivity index is 3.98. The van der Waals surface area contributed by atoms with E-state index < -0.39 is 23.5 Å². The number of carbonyl (C=O) groups excluding carboxylic acids is 3. The molecule has 0 rings (SSSR count). The fraction of sp³-hybridized carbons (Fsp3) is 0.583. The Kier molecular flexibility index (Phi) is 6.26. The Labute approximate surface area is 106 Å². The van der Waals surface area contributed by atoms with Crippen LogP contribution in [-0.4, -0.2) is 36.7 Å². The smallest absolute Gasteiger partial charge is 0.376 e. The predicted molar refractivity (Wildman–Crippen MR) is 62.6 cm³/mol. The fourth-order valence-corrected chi connectivity index (χ4v) is 0.870. The highest BCUT2D eigenvalue weighted by atomic mass is 16.7. The summed E-state index contributed by atoms with van der Waals surface area (Å²) in [6.45, 7) is 9.06. The van der Waals surface area contributed by atoms with Crippen molar-refractivity contribution < 1.29 is 28.6 Å². The van der Waals surface area contributed by atoms with Crippen LogP contribution in [0.1, 0.15) is 27.7 Å². The molecular formula is C12H18O6. The minimum atomic E-state index is -1.25. The maximum atomic E-state index is 11.0. The molecule has 18 heavy (non-hydrogen) atoms. The van der Waals surface area contributed by atoms with Gasteiger partial charge >= 0.3 is 11.9 Å². The van der Waals surface area contributed by atoms with E-state index in [0.29, 0.717) is 0 Å². The van der Waals surface area contributed by atoms with Crippen LogP contribution < -0.4 is 0 Å². The van der Waals surface area contributed by atoms with Gasteiger partial charge in [-0.05, 0) is 6.92 Å². The third-order valence-corrected chi connectivity index (χ3v) is 1.74. The Morgan fingerprint density at radius 2 is 1.61 bits per heavy atom. The van der Waals surface area contributed by atoms with Gasteiger partial charge in [0, 0.05) is 26.3 Å². The summed E-state index contributed by atoms with van der Waals surface area (Å²) in [5.41, 5.74) is 0.289. The third-order valence-electron chi connectivity index (χ3n) is 1.74. The van der Waals surface area contributed by atoms with Crippen LogP contribution in [0.4, 0.5) is 0 Å². The first kappa shape index (κ1) is 16.3. The van der Waals surface area contributed by atoms with Crippen molar-refractivity contribution in [3.8, 4) is 0 Å². The summed E-state index contributed by atoms with van der Waals surface area (Å²) < 4.78 is 14.7. The highest BCUT2D eigenvalue weighted by Crippen LogP contribution is 2.11. The second kappa shape index (κ2) is 6.90. The fourth-order valence-electron chi connectivity index (χ4n) is 0.870. The summed E-state index contributed by atoms with van der Waals surface area (Å²) in [6, 6.07) is 0. The number of hydrogen-bond donors (Lipinski definition) is 0. The lowest BCUT2D eigenvalue weighted by Crippen LogP contribution is -2.34. The van der Waals surface area contributed by atoms with Crippen molar-refractivity contribution in [3.05, 3.63) is 12.2 Å². The van der Waals surface area contributed by atoms with Gasteiger partial charge in [-0.3, -0.25) is 4.79 Å². The van der Waals surface area contributed by atoms with Gasteiger partial charge in [0.15, 0.2) is 0 Å².